The van der Waals surface area contributed by atoms with Crippen molar-refractivity contribution in [1.29, 1.82) is 0 Å². The SMILES string of the molecule is CC(CCNC(=O)OCC1c2ccccc2-c2ccccc21)CC(=O)NCC#CC(=O)O. The van der Waals surface area contributed by atoms with Gasteiger partial charge in [-0.3, -0.25) is 4.79 Å². The van der Waals surface area contributed by atoms with Gasteiger partial charge in [-0.25, -0.2) is 9.59 Å². The molecule has 2 aromatic rings. The van der Waals surface area contributed by atoms with Crippen molar-refractivity contribution in [2.45, 2.75) is 25.7 Å². The summed E-state index contributed by atoms with van der Waals surface area (Å²) in [6.07, 6.45) is 0.395. The van der Waals surface area contributed by atoms with Gasteiger partial charge in [0.1, 0.15) is 6.61 Å². The summed E-state index contributed by atoms with van der Waals surface area (Å²) in [7, 11) is 0. The van der Waals surface area contributed by atoms with Gasteiger partial charge in [-0.15, -0.1) is 0 Å². The topological polar surface area (TPSA) is 105 Å². The van der Waals surface area contributed by atoms with E-state index in [1.165, 1.54) is 11.1 Å². The van der Waals surface area contributed by atoms with Crippen molar-refractivity contribution in [3.63, 3.8) is 0 Å². The van der Waals surface area contributed by atoms with Crippen molar-refractivity contribution in [2.75, 3.05) is 19.7 Å². The van der Waals surface area contributed by atoms with Crippen LogP contribution < -0.4 is 10.6 Å². The Morgan fingerprint density at radius 3 is 2.28 bits per heavy atom. The molecule has 166 valence electrons. The second-order valence-corrected chi connectivity index (χ2v) is 7.73. The molecule has 3 rings (SSSR count). The first kappa shape index (κ1) is 22.9. The number of carbonyl (C=O) groups excluding carboxylic acids is 2. The van der Waals surface area contributed by atoms with E-state index in [-0.39, 0.29) is 37.3 Å². The predicted octanol–water partition coefficient (Wildman–Crippen LogP) is 3.15. The molecule has 0 saturated heterocycles. The fraction of sp³-hybridized carbons (Fsp3) is 0.320. The summed E-state index contributed by atoms with van der Waals surface area (Å²) in [5, 5.41) is 13.7. The van der Waals surface area contributed by atoms with Crippen LogP contribution in [-0.4, -0.2) is 42.8 Å². The highest BCUT2D eigenvalue weighted by Gasteiger charge is 2.28. The lowest BCUT2D eigenvalue weighted by Gasteiger charge is -2.15. The monoisotopic (exact) mass is 434 g/mol. The van der Waals surface area contributed by atoms with Crippen LogP contribution in [0.15, 0.2) is 48.5 Å². The Kier molecular flexibility index (Phi) is 7.87. The molecule has 32 heavy (non-hydrogen) atoms. The molecule has 1 unspecified atom stereocenters. The first-order chi connectivity index (χ1) is 15.5. The molecule has 2 amide bonds. The smallest absolute Gasteiger partial charge is 0.407 e. The highest BCUT2D eigenvalue weighted by atomic mass is 16.5. The maximum absolute atomic E-state index is 12.2. The fourth-order valence-corrected chi connectivity index (χ4v) is 3.82. The van der Waals surface area contributed by atoms with E-state index in [2.05, 4.69) is 40.8 Å². The Morgan fingerprint density at radius 1 is 1.03 bits per heavy atom. The van der Waals surface area contributed by atoms with Gasteiger partial charge in [-0.1, -0.05) is 61.4 Å². The second kappa shape index (κ2) is 11.0. The zero-order valence-corrected chi connectivity index (χ0v) is 17.9. The standard InChI is InChI=1S/C25H26N2O5/c1-17(15-23(28)26-13-6-11-24(29)30)12-14-27-25(31)32-16-22-20-9-4-2-7-18(20)19-8-3-5-10-21(19)22/h2-5,7-10,17,22H,12-16H2,1H3,(H,26,28)(H,27,31)(H,29,30). The number of ether oxygens (including phenoxy) is 1. The summed E-state index contributed by atoms with van der Waals surface area (Å²) in [5.74, 6) is 2.89. The van der Waals surface area contributed by atoms with Crippen molar-refractivity contribution in [1.82, 2.24) is 10.6 Å². The molecule has 0 bridgehead atoms. The lowest BCUT2D eigenvalue weighted by molar-refractivity contribution is -0.130. The van der Waals surface area contributed by atoms with E-state index in [0.717, 1.165) is 11.1 Å². The van der Waals surface area contributed by atoms with Gasteiger partial charge in [0.25, 0.3) is 0 Å². The van der Waals surface area contributed by atoms with Gasteiger partial charge in [-0.2, -0.15) is 0 Å². The maximum Gasteiger partial charge on any atom is 0.407 e. The highest BCUT2D eigenvalue weighted by Crippen LogP contribution is 2.44. The van der Waals surface area contributed by atoms with Gasteiger partial charge in [0.05, 0.1) is 6.54 Å². The first-order valence-electron chi connectivity index (χ1n) is 10.5. The lowest BCUT2D eigenvalue weighted by atomic mass is 9.98. The Hall–Kier alpha value is -3.79. The van der Waals surface area contributed by atoms with Crippen molar-refractivity contribution in [2.24, 2.45) is 5.92 Å². The molecule has 0 aliphatic heterocycles. The van der Waals surface area contributed by atoms with Crippen molar-refractivity contribution in [3.05, 3.63) is 59.7 Å². The molecule has 2 aromatic carbocycles. The minimum atomic E-state index is -1.23. The number of amides is 2. The number of hydrogen-bond donors (Lipinski definition) is 3. The van der Waals surface area contributed by atoms with E-state index >= 15 is 0 Å². The molecule has 1 aliphatic rings. The van der Waals surface area contributed by atoms with Crippen LogP contribution in [0.3, 0.4) is 0 Å². The summed E-state index contributed by atoms with van der Waals surface area (Å²) in [6.45, 7) is 2.55. The summed E-state index contributed by atoms with van der Waals surface area (Å²) in [4.78, 5) is 34.3. The van der Waals surface area contributed by atoms with Crippen LogP contribution in [0.4, 0.5) is 4.79 Å². The fourth-order valence-electron chi connectivity index (χ4n) is 3.82. The quantitative estimate of drug-likeness (QED) is 0.554. The van der Waals surface area contributed by atoms with Crippen molar-refractivity contribution < 1.29 is 24.2 Å². The first-order valence-corrected chi connectivity index (χ1v) is 10.5. The number of aliphatic carboxylic acids is 1. The molecule has 0 spiro atoms. The molecule has 7 nitrogen and oxygen atoms in total. The summed E-state index contributed by atoms with van der Waals surface area (Å²) >= 11 is 0. The van der Waals surface area contributed by atoms with Crippen LogP contribution >= 0.6 is 0 Å². The van der Waals surface area contributed by atoms with Crippen LogP contribution in [0.25, 0.3) is 11.1 Å². The highest BCUT2D eigenvalue weighted by molar-refractivity contribution is 5.86. The van der Waals surface area contributed by atoms with Gasteiger partial charge in [0.15, 0.2) is 0 Å². The van der Waals surface area contributed by atoms with Crippen LogP contribution in [0.2, 0.25) is 0 Å². The maximum atomic E-state index is 12.2. The number of carboxylic acids is 1. The minimum absolute atomic E-state index is 0.00411. The van der Waals surface area contributed by atoms with Crippen LogP contribution in [0, 0.1) is 17.8 Å². The van der Waals surface area contributed by atoms with Crippen LogP contribution in [0.1, 0.15) is 36.8 Å². The number of benzene rings is 2. The molecule has 0 saturated carbocycles. The van der Waals surface area contributed by atoms with Gasteiger partial charge in [0, 0.05) is 24.8 Å². The number of alkyl carbamates (subject to hydrolysis) is 1. The normalized spacial score (nSPS) is 12.5. The van der Waals surface area contributed by atoms with E-state index in [4.69, 9.17) is 9.84 Å². The number of carboxylic acid groups (broad SMARTS) is 1. The van der Waals surface area contributed by atoms with Gasteiger partial charge in [0.2, 0.25) is 5.91 Å². The predicted molar refractivity (Wildman–Crippen MR) is 120 cm³/mol. The lowest BCUT2D eigenvalue weighted by Crippen LogP contribution is -2.29. The Bertz CT molecular complexity index is 1010. The second-order valence-electron chi connectivity index (χ2n) is 7.73. The van der Waals surface area contributed by atoms with Crippen molar-refractivity contribution in [3.8, 4) is 23.0 Å². The molecule has 0 radical (unpaired) electrons. The third kappa shape index (κ3) is 6.11. The third-order valence-electron chi connectivity index (χ3n) is 5.35. The molecule has 0 heterocycles. The van der Waals surface area contributed by atoms with E-state index < -0.39 is 12.1 Å². The molecule has 7 heteroatoms. The van der Waals surface area contributed by atoms with Gasteiger partial charge < -0.3 is 20.5 Å². The molecule has 1 atom stereocenters. The molecule has 0 aromatic heterocycles. The molecular weight excluding hydrogens is 408 g/mol. The number of hydrogen-bond acceptors (Lipinski definition) is 4. The Balaban J connectivity index is 1.39. The van der Waals surface area contributed by atoms with E-state index in [1.54, 1.807) is 0 Å². The third-order valence-corrected chi connectivity index (χ3v) is 5.35. The molecular formula is C25H26N2O5. The number of fused-ring (bicyclic) bond motifs is 3. The van der Waals surface area contributed by atoms with E-state index in [0.29, 0.717) is 13.0 Å². The minimum Gasteiger partial charge on any atom is -0.472 e. The summed E-state index contributed by atoms with van der Waals surface area (Å²) in [5.41, 5.74) is 4.68. The number of carbonyl (C=O) groups is 3. The zero-order valence-electron chi connectivity index (χ0n) is 17.9. The molecule has 0 fully saturated rings. The Morgan fingerprint density at radius 2 is 1.66 bits per heavy atom. The summed E-state index contributed by atoms with van der Waals surface area (Å²) in [6, 6.07) is 16.3. The average Bonchev–Trinajstić information content (AvgIpc) is 3.09. The summed E-state index contributed by atoms with van der Waals surface area (Å²) < 4.78 is 5.49. The number of rotatable bonds is 8. The largest absolute Gasteiger partial charge is 0.472 e. The van der Waals surface area contributed by atoms with Crippen LogP contribution in [-0.2, 0) is 14.3 Å². The van der Waals surface area contributed by atoms with Gasteiger partial charge in [-0.05, 0) is 34.6 Å². The number of nitrogens with one attached hydrogen (secondary N) is 2. The zero-order chi connectivity index (χ0) is 22.9. The van der Waals surface area contributed by atoms with E-state index in [1.807, 2.05) is 37.1 Å². The van der Waals surface area contributed by atoms with Crippen LogP contribution in [0.5, 0.6) is 0 Å². The molecule has 1 aliphatic carbocycles. The van der Waals surface area contributed by atoms with Crippen molar-refractivity contribution >= 4 is 18.0 Å². The Labute approximate surface area is 187 Å². The molecule has 3 N–H and O–H groups in total. The average molecular weight is 434 g/mol. The van der Waals surface area contributed by atoms with E-state index in [9.17, 15) is 14.4 Å². The van der Waals surface area contributed by atoms with Gasteiger partial charge >= 0.3 is 12.1 Å².